The van der Waals surface area contributed by atoms with E-state index < -0.39 is 0 Å². The van der Waals surface area contributed by atoms with Crippen LogP contribution in [0.15, 0.2) is 72.9 Å². The molecule has 0 heterocycles. The van der Waals surface area contributed by atoms with Crippen molar-refractivity contribution in [2.75, 3.05) is 0 Å². The van der Waals surface area contributed by atoms with Crippen LogP contribution in [0.3, 0.4) is 0 Å². The Balaban J connectivity index is 0.000000250. The fraction of sp³-hybridized carbons (Fsp3) is 0.200. The molecule has 0 N–H and O–H groups in total. The average molecular weight is 311 g/mol. The fourth-order valence-electron chi connectivity index (χ4n) is 1.36. The summed E-state index contributed by atoms with van der Waals surface area (Å²) in [7, 11) is 0. The molecule has 4 rings (SSSR count). The Morgan fingerprint density at radius 2 is 0.667 bits per heavy atom. The third kappa shape index (κ3) is 14.7. The van der Waals surface area contributed by atoms with E-state index in [-0.39, 0.29) is 18.6 Å². The van der Waals surface area contributed by atoms with Crippen molar-refractivity contribution in [3.05, 3.63) is 97.2 Å². The van der Waals surface area contributed by atoms with E-state index >= 15 is 0 Å². The second-order valence-corrected chi connectivity index (χ2v) is 4.01. The summed E-state index contributed by atoms with van der Waals surface area (Å²) in [6.45, 7) is 0. The Bertz CT molecular complexity index is 326. The smallest absolute Gasteiger partial charge is 0.273 e. The minimum atomic E-state index is 0. The molecule has 1 radical (unpaired) electrons. The summed E-state index contributed by atoms with van der Waals surface area (Å²) < 4.78 is 0. The van der Waals surface area contributed by atoms with E-state index in [1.165, 1.54) is 0 Å². The molecule has 0 unspecified atom stereocenters. The van der Waals surface area contributed by atoms with Crippen LogP contribution in [0.25, 0.3) is 0 Å². The van der Waals surface area contributed by atoms with Gasteiger partial charge in [-0.2, -0.15) is 24.3 Å². The van der Waals surface area contributed by atoms with Gasteiger partial charge in [-0.05, 0) is 0 Å². The molecule has 0 spiro atoms. The normalized spacial score (nSPS) is 16.8. The van der Waals surface area contributed by atoms with Gasteiger partial charge in [-0.15, -0.1) is 25.7 Å². The molecule has 0 aromatic heterocycles. The molecule has 0 atom stereocenters. The topological polar surface area (TPSA) is 0 Å². The molecule has 0 nitrogen and oxygen atoms in total. The Morgan fingerprint density at radius 1 is 0.429 bits per heavy atom. The third-order valence-electron chi connectivity index (χ3n) is 2.34. The summed E-state index contributed by atoms with van der Waals surface area (Å²) in [5, 5.41) is 0. The summed E-state index contributed by atoms with van der Waals surface area (Å²) >= 11 is 0. The molecule has 0 saturated carbocycles. The zero-order valence-corrected chi connectivity index (χ0v) is 13.6. The molecule has 0 fully saturated rings. The molecule has 4 aliphatic rings. The molecule has 105 valence electrons. The van der Waals surface area contributed by atoms with Crippen molar-refractivity contribution in [3.8, 4) is 0 Å². The Morgan fingerprint density at radius 3 is 0.714 bits per heavy atom. The maximum absolute atomic E-state index is 2.99. The number of rotatable bonds is 0. The van der Waals surface area contributed by atoms with Crippen LogP contribution in [0.1, 0.15) is 25.7 Å². The SMILES string of the molecule is [C-]1=CC=CC1.[C-]1=CC=CC1.[C-]1=CC=CC1.[C-]1=CC=CC1.[V+4]. The minimum absolute atomic E-state index is 0. The molecule has 0 aromatic rings. The van der Waals surface area contributed by atoms with Crippen molar-refractivity contribution in [1.82, 2.24) is 0 Å². The zero-order valence-electron chi connectivity index (χ0n) is 12.2. The van der Waals surface area contributed by atoms with E-state index in [0.717, 1.165) is 25.7 Å². The molecule has 0 amide bonds. The Hall–Kier alpha value is -1.50. The van der Waals surface area contributed by atoms with Gasteiger partial charge in [0.15, 0.2) is 0 Å². The standard InChI is InChI=1S/4C5H5.V/c4*1-2-4-5-3-1;/h4*1-3H,4H2;/q4*-1;+4. The fourth-order valence-corrected chi connectivity index (χ4v) is 1.36. The number of allylic oxidation sites excluding steroid dienone is 16. The van der Waals surface area contributed by atoms with Gasteiger partial charge < -0.3 is 0 Å². The molecule has 1 heteroatoms. The Kier molecular flexibility index (Phi) is 15.4. The van der Waals surface area contributed by atoms with Gasteiger partial charge in [-0.3, -0.25) is 24.3 Å². The molecular weight excluding hydrogens is 291 g/mol. The van der Waals surface area contributed by atoms with Crippen molar-refractivity contribution in [2.24, 2.45) is 0 Å². The largest absolute Gasteiger partial charge is 4.00 e. The van der Waals surface area contributed by atoms with Crippen LogP contribution in [0.5, 0.6) is 0 Å². The first kappa shape index (κ1) is 19.5. The van der Waals surface area contributed by atoms with Gasteiger partial charge in [0.05, 0.1) is 0 Å². The Labute approximate surface area is 141 Å². The quantitative estimate of drug-likeness (QED) is 0.538. The van der Waals surface area contributed by atoms with Gasteiger partial charge in [0.2, 0.25) is 0 Å². The van der Waals surface area contributed by atoms with Crippen molar-refractivity contribution in [2.45, 2.75) is 25.7 Å². The van der Waals surface area contributed by atoms with Crippen molar-refractivity contribution >= 4 is 0 Å². The molecule has 21 heavy (non-hydrogen) atoms. The maximum atomic E-state index is 2.99. The molecule has 0 aromatic carbocycles. The van der Waals surface area contributed by atoms with E-state index in [1.807, 2.05) is 48.6 Å². The second kappa shape index (κ2) is 16.6. The van der Waals surface area contributed by atoms with Crippen LogP contribution in [0.4, 0.5) is 0 Å². The van der Waals surface area contributed by atoms with Crippen LogP contribution in [0.2, 0.25) is 0 Å². The van der Waals surface area contributed by atoms with Crippen LogP contribution in [-0.4, -0.2) is 0 Å². The first-order chi connectivity index (χ1) is 10.0. The van der Waals surface area contributed by atoms with Crippen molar-refractivity contribution in [1.29, 1.82) is 0 Å². The van der Waals surface area contributed by atoms with Gasteiger partial charge in [0.1, 0.15) is 0 Å². The van der Waals surface area contributed by atoms with Gasteiger partial charge in [-0.1, -0.05) is 0 Å². The zero-order chi connectivity index (χ0) is 14.1. The summed E-state index contributed by atoms with van der Waals surface area (Å²) in [5.74, 6) is 0. The first-order valence-electron chi connectivity index (χ1n) is 6.87. The molecule has 0 saturated heterocycles. The predicted octanol–water partition coefficient (Wildman–Crippen LogP) is 5.22. The van der Waals surface area contributed by atoms with Gasteiger partial charge >= 0.3 is 18.6 Å². The summed E-state index contributed by atoms with van der Waals surface area (Å²) in [5.41, 5.74) is 0. The first-order valence-corrected chi connectivity index (χ1v) is 6.87. The number of hydrogen-bond donors (Lipinski definition) is 0. The van der Waals surface area contributed by atoms with Gasteiger partial charge in [0.25, 0.3) is 0 Å². The van der Waals surface area contributed by atoms with E-state index in [2.05, 4.69) is 48.6 Å². The molecule has 0 aliphatic heterocycles. The van der Waals surface area contributed by atoms with Gasteiger partial charge in [-0.25, -0.2) is 48.6 Å². The third-order valence-corrected chi connectivity index (χ3v) is 2.34. The summed E-state index contributed by atoms with van der Waals surface area (Å²) in [4.78, 5) is 0. The monoisotopic (exact) mass is 311 g/mol. The van der Waals surface area contributed by atoms with E-state index in [4.69, 9.17) is 0 Å². The van der Waals surface area contributed by atoms with Crippen molar-refractivity contribution in [3.63, 3.8) is 0 Å². The molecule has 0 bridgehead atoms. The van der Waals surface area contributed by atoms with Gasteiger partial charge in [0, 0.05) is 0 Å². The average Bonchev–Trinajstić information content (AvgIpc) is 3.40. The molecule has 4 aliphatic carbocycles. The van der Waals surface area contributed by atoms with E-state index in [9.17, 15) is 0 Å². The van der Waals surface area contributed by atoms with Crippen LogP contribution in [0, 0.1) is 24.3 Å². The second-order valence-electron chi connectivity index (χ2n) is 4.01. The van der Waals surface area contributed by atoms with Crippen LogP contribution < -0.4 is 0 Å². The summed E-state index contributed by atoms with van der Waals surface area (Å²) in [6.07, 6.45) is 40.0. The van der Waals surface area contributed by atoms with Crippen LogP contribution in [-0.2, 0) is 18.6 Å². The summed E-state index contributed by atoms with van der Waals surface area (Å²) in [6, 6.07) is 0. The maximum Gasteiger partial charge on any atom is 4.00 e. The number of hydrogen-bond acceptors (Lipinski definition) is 0. The van der Waals surface area contributed by atoms with Crippen molar-refractivity contribution < 1.29 is 18.6 Å². The van der Waals surface area contributed by atoms with Crippen LogP contribution >= 0.6 is 0 Å². The molecular formula is C20H20V. The van der Waals surface area contributed by atoms with E-state index in [0.29, 0.717) is 0 Å². The predicted molar refractivity (Wildman–Crippen MR) is 86.3 cm³/mol. The minimum Gasteiger partial charge on any atom is -0.273 e. The van der Waals surface area contributed by atoms with E-state index in [1.54, 1.807) is 0 Å².